The van der Waals surface area contributed by atoms with Crippen LogP contribution in [0.25, 0.3) is 22.3 Å². The van der Waals surface area contributed by atoms with Gasteiger partial charge in [-0.15, -0.1) is 0 Å². The van der Waals surface area contributed by atoms with Crippen molar-refractivity contribution in [1.82, 2.24) is 0 Å². The highest BCUT2D eigenvalue weighted by Gasteiger charge is 2.29. The Kier molecular flexibility index (Phi) is 5.70. The van der Waals surface area contributed by atoms with Gasteiger partial charge < -0.3 is 0 Å². The van der Waals surface area contributed by atoms with E-state index in [-0.39, 0.29) is 0 Å². The Morgan fingerprint density at radius 2 is 0.600 bits per heavy atom. The van der Waals surface area contributed by atoms with Gasteiger partial charge in [-0.1, -0.05) is 146 Å². The quantitative estimate of drug-likeness (QED) is 0.293. The van der Waals surface area contributed by atoms with Gasteiger partial charge in [-0.3, -0.25) is 0 Å². The maximum absolute atomic E-state index is 2.30. The minimum absolute atomic E-state index is 0.883. The fraction of sp³-hybridized carbons (Fsp3) is 0.0286. The summed E-state index contributed by atoms with van der Waals surface area (Å²) >= 11 is 0. The Balaban J connectivity index is 1.83. The summed E-state index contributed by atoms with van der Waals surface area (Å²) in [5.74, 6) is 0. The smallest absolute Gasteiger partial charge is 0.00130 e. The molecule has 0 saturated carbocycles. The lowest BCUT2D eigenvalue weighted by Crippen LogP contribution is -1.99. The van der Waals surface area contributed by atoms with Crippen LogP contribution in [0.5, 0.6) is 0 Å². The third kappa shape index (κ3) is 4.05. The van der Waals surface area contributed by atoms with Crippen LogP contribution in [0, 0.1) is 0 Å². The lowest BCUT2D eigenvalue weighted by atomic mass is 9.81. The first-order valence-electron chi connectivity index (χ1n) is 12.2. The summed E-state index contributed by atoms with van der Waals surface area (Å²) in [7, 11) is 0. The highest BCUT2D eigenvalue weighted by atomic mass is 14.3. The van der Waals surface area contributed by atoms with Crippen LogP contribution in [-0.2, 0) is 0 Å². The number of rotatable bonds is 4. The zero-order chi connectivity index (χ0) is 23.5. The van der Waals surface area contributed by atoms with Crippen molar-refractivity contribution in [3.05, 3.63) is 179 Å². The average Bonchev–Trinajstić information content (AvgIpc) is 3.26. The summed E-state index contributed by atoms with van der Waals surface area (Å²) in [6.07, 6.45) is 9.85. The van der Waals surface area contributed by atoms with Gasteiger partial charge in [-0.2, -0.15) is 0 Å². The largest absolute Gasteiger partial charge is 0.0622 e. The van der Waals surface area contributed by atoms with E-state index in [4.69, 9.17) is 0 Å². The molecule has 2 aliphatic rings. The minimum Gasteiger partial charge on any atom is -0.0622 e. The number of fused-ring (bicyclic) bond motifs is 2. The lowest BCUT2D eigenvalue weighted by Gasteiger charge is -2.22. The van der Waals surface area contributed by atoms with Gasteiger partial charge in [0.05, 0.1) is 0 Å². The van der Waals surface area contributed by atoms with Crippen LogP contribution in [0.1, 0.15) is 28.7 Å². The Labute approximate surface area is 207 Å². The average molecular weight is 447 g/mol. The molecule has 0 aliphatic heterocycles. The van der Waals surface area contributed by atoms with Crippen LogP contribution in [0.4, 0.5) is 0 Å². The molecule has 166 valence electrons. The predicted molar refractivity (Wildman–Crippen MR) is 149 cm³/mol. The van der Waals surface area contributed by atoms with Crippen molar-refractivity contribution < 1.29 is 0 Å². The van der Waals surface area contributed by atoms with Crippen molar-refractivity contribution in [3.8, 4) is 0 Å². The highest BCUT2D eigenvalue weighted by Crippen LogP contribution is 2.51. The molecule has 0 radical (unpaired) electrons. The molecule has 2 aliphatic carbocycles. The number of hydrogen-bond donors (Lipinski definition) is 0. The molecule has 0 N–H and O–H groups in total. The van der Waals surface area contributed by atoms with Crippen LogP contribution < -0.4 is 0 Å². The highest BCUT2D eigenvalue weighted by molar-refractivity contribution is 6.26. The zero-order valence-electron chi connectivity index (χ0n) is 19.6. The van der Waals surface area contributed by atoms with Gasteiger partial charge in [-0.05, 0) is 62.1 Å². The van der Waals surface area contributed by atoms with E-state index in [0.717, 1.165) is 6.42 Å². The molecule has 0 atom stereocenters. The van der Waals surface area contributed by atoms with E-state index < -0.39 is 0 Å². The van der Waals surface area contributed by atoms with Crippen molar-refractivity contribution in [1.29, 1.82) is 0 Å². The summed E-state index contributed by atoms with van der Waals surface area (Å²) in [5.41, 5.74) is 12.8. The first-order valence-corrected chi connectivity index (χ1v) is 12.2. The van der Waals surface area contributed by atoms with Gasteiger partial charge in [0.15, 0.2) is 0 Å². The summed E-state index contributed by atoms with van der Waals surface area (Å²) in [6, 6.07) is 43.5. The first kappa shape index (κ1) is 21.1. The molecule has 0 amide bonds. The Morgan fingerprint density at radius 3 is 0.914 bits per heavy atom. The zero-order valence-corrected chi connectivity index (χ0v) is 19.6. The van der Waals surface area contributed by atoms with Gasteiger partial charge in [0.25, 0.3) is 0 Å². The van der Waals surface area contributed by atoms with Gasteiger partial charge >= 0.3 is 0 Å². The van der Waals surface area contributed by atoms with E-state index in [2.05, 4.69) is 146 Å². The fourth-order valence-corrected chi connectivity index (χ4v) is 5.24. The summed E-state index contributed by atoms with van der Waals surface area (Å²) in [5, 5.41) is 0. The second kappa shape index (κ2) is 9.44. The molecule has 0 fully saturated rings. The molecule has 0 heterocycles. The van der Waals surface area contributed by atoms with E-state index in [1.54, 1.807) is 0 Å². The molecule has 0 aromatic heterocycles. The monoisotopic (exact) mass is 446 g/mol. The lowest BCUT2D eigenvalue weighted by molar-refractivity contribution is 1.24. The Hall–Kier alpha value is -4.42. The van der Waals surface area contributed by atoms with Gasteiger partial charge in [0, 0.05) is 0 Å². The molecule has 35 heavy (non-hydrogen) atoms. The van der Waals surface area contributed by atoms with Crippen LogP contribution in [-0.4, -0.2) is 0 Å². The van der Waals surface area contributed by atoms with Crippen molar-refractivity contribution in [3.63, 3.8) is 0 Å². The van der Waals surface area contributed by atoms with E-state index in [0.29, 0.717) is 0 Å². The molecule has 0 spiro atoms. The number of allylic oxidation sites excluding steroid dienone is 10. The van der Waals surface area contributed by atoms with Gasteiger partial charge in [-0.25, -0.2) is 0 Å². The molecule has 0 unspecified atom stereocenters. The van der Waals surface area contributed by atoms with E-state index >= 15 is 0 Å². The molecular weight excluding hydrogens is 420 g/mol. The fourth-order valence-electron chi connectivity index (χ4n) is 5.24. The van der Waals surface area contributed by atoms with E-state index in [1.165, 1.54) is 55.7 Å². The molecular formula is C35H26. The maximum atomic E-state index is 2.30. The summed E-state index contributed by atoms with van der Waals surface area (Å²) in [6.45, 7) is 0. The normalized spacial score (nSPS) is 15.3. The Morgan fingerprint density at radius 1 is 0.314 bits per heavy atom. The van der Waals surface area contributed by atoms with Crippen molar-refractivity contribution in [2.45, 2.75) is 6.42 Å². The Bertz CT molecular complexity index is 1380. The SMILES string of the molecule is C1=CC=C2CC(=C1)C(c1ccccc1)=C(c1ccccc1)C(c1ccccc1)=C2c1ccccc1. The molecule has 0 heteroatoms. The van der Waals surface area contributed by atoms with Crippen LogP contribution in [0.15, 0.2) is 157 Å². The molecule has 4 aromatic rings. The van der Waals surface area contributed by atoms with Crippen LogP contribution >= 0.6 is 0 Å². The maximum Gasteiger partial charge on any atom is -0.00130 e. The molecule has 2 bridgehead atoms. The molecule has 4 aromatic carbocycles. The third-order valence-corrected chi connectivity index (χ3v) is 6.73. The standard InChI is InChI=1S/C35H26/c1-5-15-26(16-6-1)32-30-23-13-14-24-31(25-30)33(27-17-7-2-8-18-27)35(29-21-11-4-12-22-29)34(32)28-19-9-3-10-20-28/h1-24H,25H2. The second-order valence-corrected chi connectivity index (χ2v) is 8.91. The van der Waals surface area contributed by atoms with Gasteiger partial charge in [0.1, 0.15) is 0 Å². The van der Waals surface area contributed by atoms with E-state index in [1.807, 2.05) is 0 Å². The third-order valence-electron chi connectivity index (χ3n) is 6.73. The summed E-state index contributed by atoms with van der Waals surface area (Å²) < 4.78 is 0. The second-order valence-electron chi connectivity index (χ2n) is 8.91. The first-order chi connectivity index (χ1) is 17.4. The number of benzene rings is 4. The van der Waals surface area contributed by atoms with Crippen molar-refractivity contribution in [2.24, 2.45) is 0 Å². The molecule has 0 saturated heterocycles. The van der Waals surface area contributed by atoms with Crippen LogP contribution in [0.3, 0.4) is 0 Å². The van der Waals surface area contributed by atoms with Crippen molar-refractivity contribution >= 4 is 22.3 Å². The van der Waals surface area contributed by atoms with E-state index in [9.17, 15) is 0 Å². The minimum atomic E-state index is 0.883. The predicted octanol–water partition coefficient (Wildman–Crippen LogP) is 9.03. The van der Waals surface area contributed by atoms with Crippen LogP contribution in [0.2, 0.25) is 0 Å². The molecule has 6 rings (SSSR count). The van der Waals surface area contributed by atoms with Crippen molar-refractivity contribution in [2.75, 3.05) is 0 Å². The summed E-state index contributed by atoms with van der Waals surface area (Å²) in [4.78, 5) is 0. The number of hydrogen-bond acceptors (Lipinski definition) is 0. The van der Waals surface area contributed by atoms with Gasteiger partial charge in [0.2, 0.25) is 0 Å². The molecule has 0 nitrogen and oxygen atoms in total. The topological polar surface area (TPSA) is 0 Å².